The zero-order valence-electron chi connectivity index (χ0n) is 12.1. The van der Waals surface area contributed by atoms with Gasteiger partial charge in [0.1, 0.15) is 0 Å². The first-order valence-electron chi connectivity index (χ1n) is 7.01. The molecule has 22 heavy (non-hydrogen) atoms. The maximum Gasteiger partial charge on any atom is 0.220 e. The standard InChI is InChI=1S/C16H18N2O3S/c19-16(9-8-14-5-4-10-17-13-14)18-11-12-22(20,21)15-6-2-1-3-7-15/h1-7,10,13H,8-9,11-12H2,(H,18,19). The summed E-state index contributed by atoms with van der Waals surface area (Å²) in [7, 11) is -3.35. The maximum atomic E-state index is 12.0. The number of hydrogen-bond donors (Lipinski definition) is 1. The summed E-state index contributed by atoms with van der Waals surface area (Å²) in [5, 5.41) is 2.64. The zero-order valence-corrected chi connectivity index (χ0v) is 12.9. The van der Waals surface area contributed by atoms with Gasteiger partial charge in [-0.2, -0.15) is 0 Å². The van der Waals surface area contributed by atoms with Crippen molar-refractivity contribution in [3.05, 3.63) is 60.4 Å². The molecule has 1 aromatic heterocycles. The molecule has 1 heterocycles. The number of sulfone groups is 1. The Morgan fingerprint density at radius 2 is 1.86 bits per heavy atom. The summed E-state index contributed by atoms with van der Waals surface area (Å²) in [6.07, 6.45) is 4.30. The van der Waals surface area contributed by atoms with E-state index in [0.29, 0.717) is 12.8 Å². The molecule has 0 radical (unpaired) electrons. The first-order chi connectivity index (χ1) is 10.6. The van der Waals surface area contributed by atoms with E-state index in [0.717, 1.165) is 5.56 Å². The van der Waals surface area contributed by atoms with Crippen LogP contribution in [-0.4, -0.2) is 31.6 Å². The summed E-state index contributed by atoms with van der Waals surface area (Å²) < 4.78 is 24.1. The van der Waals surface area contributed by atoms with Gasteiger partial charge >= 0.3 is 0 Å². The largest absolute Gasteiger partial charge is 0.355 e. The fourth-order valence-electron chi connectivity index (χ4n) is 1.96. The van der Waals surface area contributed by atoms with Gasteiger partial charge in [-0.1, -0.05) is 24.3 Å². The minimum atomic E-state index is -3.35. The lowest BCUT2D eigenvalue weighted by Gasteiger charge is -2.06. The number of amides is 1. The number of hydrogen-bond acceptors (Lipinski definition) is 4. The number of rotatable bonds is 7. The van der Waals surface area contributed by atoms with Crippen molar-refractivity contribution in [2.24, 2.45) is 0 Å². The Bertz CT molecular complexity index is 701. The van der Waals surface area contributed by atoms with Crippen LogP contribution in [0.3, 0.4) is 0 Å². The highest BCUT2D eigenvalue weighted by molar-refractivity contribution is 7.91. The Balaban J connectivity index is 1.75. The van der Waals surface area contributed by atoms with Crippen molar-refractivity contribution in [3.8, 4) is 0 Å². The van der Waals surface area contributed by atoms with Crippen molar-refractivity contribution >= 4 is 15.7 Å². The molecule has 0 saturated heterocycles. The van der Waals surface area contributed by atoms with Crippen LogP contribution in [0.5, 0.6) is 0 Å². The van der Waals surface area contributed by atoms with Crippen LogP contribution in [0, 0.1) is 0 Å². The molecule has 5 nitrogen and oxygen atoms in total. The summed E-state index contributed by atoms with van der Waals surface area (Å²) in [5.74, 6) is -0.262. The van der Waals surface area contributed by atoms with Gasteiger partial charge in [0.05, 0.1) is 10.6 Å². The predicted octanol–water partition coefficient (Wildman–Crippen LogP) is 1.60. The number of aryl methyl sites for hydroxylation is 1. The quantitative estimate of drug-likeness (QED) is 0.841. The van der Waals surface area contributed by atoms with Crippen molar-refractivity contribution in [2.75, 3.05) is 12.3 Å². The van der Waals surface area contributed by atoms with Crippen LogP contribution in [0.25, 0.3) is 0 Å². The molecular formula is C16H18N2O3S. The van der Waals surface area contributed by atoms with E-state index >= 15 is 0 Å². The molecule has 0 bridgehead atoms. The van der Waals surface area contributed by atoms with E-state index in [1.54, 1.807) is 42.7 Å². The highest BCUT2D eigenvalue weighted by Gasteiger charge is 2.13. The van der Waals surface area contributed by atoms with Gasteiger partial charge in [0.15, 0.2) is 9.84 Å². The number of carbonyl (C=O) groups is 1. The first-order valence-corrected chi connectivity index (χ1v) is 8.66. The lowest BCUT2D eigenvalue weighted by molar-refractivity contribution is -0.120. The van der Waals surface area contributed by atoms with E-state index in [9.17, 15) is 13.2 Å². The lowest BCUT2D eigenvalue weighted by atomic mass is 10.1. The van der Waals surface area contributed by atoms with Gasteiger partial charge in [-0.25, -0.2) is 8.42 Å². The zero-order chi connectivity index (χ0) is 15.8. The minimum absolute atomic E-state index is 0.102. The average Bonchev–Trinajstić information content (AvgIpc) is 2.54. The highest BCUT2D eigenvalue weighted by Crippen LogP contribution is 2.09. The van der Waals surface area contributed by atoms with Crippen molar-refractivity contribution in [1.82, 2.24) is 10.3 Å². The molecule has 0 spiro atoms. The fourth-order valence-corrected chi connectivity index (χ4v) is 3.14. The van der Waals surface area contributed by atoms with E-state index in [4.69, 9.17) is 0 Å². The molecule has 2 aromatic rings. The van der Waals surface area contributed by atoms with Crippen molar-refractivity contribution in [1.29, 1.82) is 0 Å². The first kappa shape index (κ1) is 16.2. The van der Waals surface area contributed by atoms with Crippen molar-refractivity contribution in [2.45, 2.75) is 17.7 Å². The molecule has 1 N–H and O–H groups in total. The van der Waals surface area contributed by atoms with Gasteiger partial charge in [-0.05, 0) is 30.2 Å². The second-order valence-electron chi connectivity index (χ2n) is 4.84. The Morgan fingerprint density at radius 3 is 2.55 bits per heavy atom. The Hall–Kier alpha value is -2.21. The van der Waals surface area contributed by atoms with Gasteiger partial charge < -0.3 is 5.32 Å². The second-order valence-corrected chi connectivity index (χ2v) is 6.95. The van der Waals surface area contributed by atoms with Gasteiger partial charge in [0.25, 0.3) is 0 Å². The topological polar surface area (TPSA) is 76.1 Å². The van der Waals surface area contributed by atoms with Crippen molar-refractivity contribution < 1.29 is 13.2 Å². The normalized spacial score (nSPS) is 11.1. The van der Waals surface area contributed by atoms with Gasteiger partial charge in [-0.3, -0.25) is 9.78 Å². The fraction of sp³-hybridized carbons (Fsp3) is 0.250. The third-order valence-corrected chi connectivity index (χ3v) is 4.89. The van der Waals surface area contributed by atoms with Crippen LogP contribution in [0.1, 0.15) is 12.0 Å². The summed E-state index contributed by atoms with van der Waals surface area (Å²) >= 11 is 0. The monoisotopic (exact) mass is 318 g/mol. The van der Waals surface area contributed by atoms with Crippen LogP contribution >= 0.6 is 0 Å². The average molecular weight is 318 g/mol. The van der Waals surface area contributed by atoms with E-state index in [1.807, 2.05) is 12.1 Å². The van der Waals surface area contributed by atoms with Crippen LogP contribution in [0.4, 0.5) is 0 Å². The molecule has 1 aromatic carbocycles. The molecule has 116 valence electrons. The Morgan fingerprint density at radius 1 is 1.09 bits per heavy atom. The lowest BCUT2D eigenvalue weighted by Crippen LogP contribution is -2.29. The molecular weight excluding hydrogens is 300 g/mol. The van der Waals surface area contributed by atoms with Crippen LogP contribution < -0.4 is 5.32 Å². The number of pyridine rings is 1. The number of aromatic nitrogens is 1. The molecule has 2 rings (SSSR count). The number of nitrogens with zero attached hydrogens (tertiary/aromatic N) is 1. The summed E-state index contributed by atoms with van der Waals surface area (Å²) in [6.45, 7) is 0.114. The molecule has 0 aliphatic carbocycles. The van der Waals surface area contributed by atoms with E-state index in [1.165, 1.54) is 0 Å². The minimum Gasteiger partial charge on any atom is -0.355 e. The molecule has 1 amide bonds. The maximum absolute atomic E-state index is 12.0. The summed E-state index contributed by atoms with van der Waals surface area (Å²) in [4.78, 5) is 16.0. The smallest absolute Gasteiger partial charge is 0.220 e. The number of carbonyl (C=O) groups excluding carboxylic acids is 1. The SMILES string of the molecule is O=C(CCc1cccnc1)NCCS(=O)(=O)c1ccccc1. The van der Waals surface area contributed by atoms with E-state index in [2.05, 4.69) is 10.3 Å². The Kier molecular flexibility index (Phi) is 5.66. The Labute approximate surface area is 130 Å². The van der Waals surface area contributed by atoms with Crippen LogP contribution in [0.2, 0.25) is 0 Å². The molecule has 0 fully saturated rings. The van der Waals surface area contributed by atoms with Crippen LogP contribution in [-0.2, 0) is 21.1 Å². The predicted molar refractivity (Wildman–Crippen MR) is 84.1 cm³/mol. The second kappa shape index (κ2) is 7.70. The number of benzene rings is 1. The molecule has 0 aliphatic rings. The third kappa shape index (κ3) is 4.96. The van der Waals surface area contributed by atoms with Gasteiger partial charge in [0, 0.05) is 25.4 Å². The molecule has 0 saturated carbocycles. The van der Waals surface area contributed by atoms with E-state index in [-0.39, 0.29) is 23.1 Å². The molecule has 6 heteroatoms. The highest BCUT2D eigenvalue weighted by atomic mass is 32.2. The van der Waals surface area contributed by atoms with Crippen LogP contribution in [0.15, 0.2) is 59.8 Å². The molecule has 0 atom stereocenters. The van der Waals surface area contributed by atoms with Gasteiger partial charge in [-0.15, -0.1) is 0 Å². The number of nitrogens with one attached hydrogen (secondary N) is 1. The van der Waals surface area contributed by atoms with E-state index < -0.39 is 9.84 Å². The van der Waals surface area contributed by atoms with Crippen molar-refractivity contribution in [3.63, 3.8) is 0 Å². The van der Waals surface area contributed by atoms with Gasteiger partial charge in [0.2, 0.25) is 5.91 Å². The molecule has 0 aliphatic heterocycles. The summed E-state index contributed by atoms with van der Waals surface area (Å²) in [6, 6.07) is 12.0. The third-order valence-electron chi connectivity index (χ3n) is 3.16. The summed E-state index contributed by atoms with van der Waals surface area (Å²) in [5.41, 5.74) is 0.981. The molecule has 0 unspecified atom stereocenters.